The number of esters is 4. The van der Waals surface area contributed by atoms with Crippen LogP contribution in [0.1, 0.15) is 349 Å². The molecule has 0 saturated carbocycles. The van der Waals surface area contributed by atoms with E-state index in [9.17, 15) is 43.2 Å². The first-order valence-electron chi connectivity index (χ1n) is 40.5. The molecular weight excluding hydrogens is 1330 g/mol. The molecule has 590 valence electrons. The molecule has 0 heterocycles. The molecule has 0 rings (SSSR count). The second-order valence-electron chi connectivity index (χ2n) is 27.0. The normalized spacial score (nSPS) is 14.4. The van der Waals surface area contributed by atoms with E-state index in [0.717, 1.165) is 180 Å². The Balaban J connectivity index is 5.37. The van der Waals surface area contributed by atoms with Crippen LogP contribution in [0.3, 0.4) is 0 Å². The molecule has 2 unspecified atom stereocenters. The molecule has 0 aliphatic heterocycles. The number of carbonyl (C=O) groups excluding carboxylic acids is 4. The predicted molar refractivity (Wildman–Crippen MR) is 418 cm³/mol. The van der Waals surface area contributed by atoms with Crippen LogP contribution in [0.2, 0.25) is 0 Å². The van der Waals surface area contributed by atoms with Crippen LogP contribution in [0.4, 0.5) is 0 Å². The summed E-state index contributed by atoms with van der Waals surface area (Å²) in [7, 11) is -9.96. The van der Waals surface area contributed by atoms with Crippen molar-refractivity contribution in [2.24, 2.45) is 0 Å². The Labute approximate surface area is 620 Å². The first-order valence-corrected chi connectivity index (χ1v) is 43.5. The van der Waals surface area contributed by atoms with Gasteiger partial charge in [0.15, 0.2) is 12.2 Å². The zero-order valence-electron chi connectivity index (χ0n) is 64.5. The van der Waals surface area contributed by atoms with Crippen LogP contribution in [-0.2, 0) is 65.4 Å². The molecule has 0 bridgehead atoms. The van der Waals surface area contributed by atoms with E-state index in [1.165, 1.54) is 89.9 Å². The highest BCUT2D eigenvalue weighted by Gasteiger charge is 2.30. The topological polar surface area (TPSA) is 237 Å². The van der Waals surface area contributed by atoms with Crippen LogP contribution in [0, 0.1) is 0 Å². The Kier molecular flexibility index (Phi) is 72.3. The van der Waals surface area contributed by atoms with Gasteiger partial charge in [0, 0.05) is 25.7 Å². The quantitative estimate of drug-likeness (QED) is 0.0169. The summed E-state index contributed by atoms with van der Waals surface area (Å²) in [4.78, 5) is 73.0. The summed E-state index contributed by atoms with van der Waals surface area (Å²) in [6.07, 6.45) is 79.5. The third kappa shape index (κ3) is 74.3. The van der Waals surface area contributed by atoms with Gasteiger partial charge in [-0.15, -0.1) is 0 Å². The number of phosphoric ester groups is 2. The van der Waals surface area contributed by atoms with Gasteiger partial charge >= 0.3 is 39.5 Å². The highest BCUT2D eigenvalue weighted by molar-refractivity contribution is 7.47. The molecular formula is C83H146O17P2. The average Bonchev–Trinajstić information content (AvgIpc) is 0.908. The minimum absolute atomic E-state index is 0.0773. The number of carbonyl (C=O) groups is 4. The van der Waals surface area contributed by atoms with E-state index in [-0.39, 0.29) is 25.7 Å². The fourth-order valence-electron chi connectivity index (χ4n) is 10.8. The Morgan fingerprint density at radius 3 is 0.804 bits per heavy atom. The maximum atomic E-state index is 13.1. The number of ether oxygens (including phenoxy) is 4. The highest BCUT2D eigenvalue weighted by Crippen LogP contribution is 2.45. The molecule has 0 amide bonds. The number of hydrogen-bond acceptors (Lipinski definition) is 15. The van der Waals surface area contributed by atoms with E-state index in [4.69, 9.17) is 37.0 Å². The van der Waals surface area contributed by atoms with Crippen molar-refractivity contribution >= 4 is 39.5 Å². The summed E-state index contributed by atoms with van der Waals surface area (Å²) >= 11 is 0. The number of unbranched alkanes of at least 4 members (excludes halogenated alkanes) is 34. The van der Waals surface area contributed by atoms with Crippen molar-refractivity contribution in [1.29, 1.82) is 0 Å². The van der Waals surface area contributed by atoms with Crippen LogP contribution in [0.5, 0.6) is 0 Å². The lowest BCUT2D eigenvalue weighted by Gasteiger charge is -2.21. The lowest BCUT2D eigenvalue weighted by atomic mass is 10.1. The van der Waals surface area contributed by atoms with Crippen LogP contribution < -0.4 is 0 Å². The molecule has 3 N–H and O–H groups in total. The largest absolute Gasteiger partial charge is 0.472 e. The first kappa shape index (κ1) is 98.0. The molecule has 102 heavy (non-hydrogen) atoms. The summed E-state index contributed by atoms with van der Waals surface area (Å²) < 4.78 is 68.6. The molecule has 0 saturated heterocycles. The van der Waals surface area contributed by atoms with Crippen LogP contribution >= 0.6 is 15.6 Å². The molecule has 5 atom stereocenters. The van der Waals surface area contributed by atoms with Crippen molar-refractivity contribution in [2.75, 3.05) is 39.6 Å². The molecule has 0 fully saturated rings. The minimum atomic E-state index is -4.98. The van der Waals surface area contributed by atoms with Crippen molar-refractivity contribution in [3.8, 4) is 0 Å². The molecule has 0 aliphatic carbocycles. The lowest BCUT2D eigenvalue weighted by Crippen LogP contribution is -2.30. The van der Waals surface area contributed by atoms with Gasteiger partial charge in [0.25, 0.3) is 0 Å². The number of phosphoric acid groups is 2. The van der Waals surface area contributed by atoms with Crippen molar-refractivity contribution in [3.05, 3.63) is 97.2 Å². The second-order valence-corrected chi connectivity index (χ2v) is 29.9. The lowest BCUT2D eigenvalue weighted by molar-refractivity contribution is -0.161. The summed E-state index contributed by atoms with van der Waals surface area (Å²) in [5, 5.41) is 10.6. The molecule has 19 heteroatoms. The van der Waals surface area contributed by atoms with Crippen molar-refractivity contribution in [3.63, 3.8) is 0 Å². The van der Waals surface area contributed by atoms with Crippen molar-refractivity contribution < 1.29 is 80.2 Å². The van der Waals surface area contributed by atoms with Gasteiger partial charge in [-0.1, -0.05) is 273 Å². The van der Waals surface area contributed by atoms with Crippen LogP contribution in [0.15, 0.2) is 97.2 Å². The second kappa shape index (κ2) is 75.2. The van der Waals surface area contributed by atoms with E-state index in [1.807, 2.05) is 0 Å². The van der Waals surface area contributed by atoms with Gasteiger partial charge in [-0.3, -0.25) is 37.3 Å². The van der Waals surface area contributed by atoms with Gasteiger partial charge < -0.3 is 33.8 Å². The molecule has 0 aromatic rings. The van der Waals surface area contributed by atoms with Gasteiger partial charge in [0.05, 0.1) is 26.4 Å². The van der Waals surface area contributed by atoms with E-state index < -0.39 is 97.5 Å². The molecule has 0 radical (unpaired) electrons. The van der Waals surface area contributed by atoms with E-state index in [0.29, 0.717) is 25.7 Å². The molecule has 0 aromatic carbocycles. The van der Waals surface area contributed by atoms with Gasteiger partial charge in [-0.25, -0.2) is 9.13 Å². The third-order valence-corrected chi connectivity index (χ3v) is 18.9. The number of hydrogen-bond donors (Lipinski definition) is 3. The van der Waals surface area contributed by atoms with Crippen molar-refractivity contribution in [2.45, 2.75) is 367 Å². The summed E-state index contributed by atoms with van der Waals surface area (Å²) in [6.45, 7) is 4.71. The molecule has 0 aromatic heterocycles. The highest BCUT2D eigenvalue weighted by atomic mass is 31.2. The Bertz CT molecular complexity index is 2310. The van der Waals surface area contributed by atoms with Crippen molar-refractivity contribution in [1.82, 2.24) is 0 Å². The number of allylic oxidation sites excluding steroid dienone is 16. The zero-order valence-corrected chi connectivity index (χ0v) is 66.3. The van der Waals surface area contributed by atoms with Crippen LogP contribution in [0.25, 0.3) is 0 Å². The van der Waals surface area contributed by atoms with E-state index in [1.54, 1.807) is 0 Å². The monoisotopic (exact) mass is 1480 g/mol. The molecule has 0 spiro atoms. The van der Waals surface area contributed by atoms with Gasteiger partial charge in [0.2, 0.25) is 0 Å². The Morgan fingerprint density at radius 1 is 0.284 bits per heavy atom. The average molecular weight is 1480 g/mol. The number of aliphatic hydroxyl groups excluding tert-OH is 1. The fraction of sp³-hybridized carbons (Fsp3) is 0.759. The Morgan fingerprint density at radius 2 is 0.510 bits per heavy atom. The van der Waals surface area contributed by atoms with Gasteiger partial charge in [0.1, 0.15) is 19.3 Å². The maximum Gasteiger partial charge on any atom is 0.472 e. The summed E-state index contributed by atoms with van der Waals surface area (Å²) in [5.41, 5.74) is 0. The van der Waals surface area contributed by atoms with Gasteiger partial charge in [-0.05, 0) is 148 Å². The minimum Gasteiger partial charge on any atom is -0.462 e. The van der Waals surface area contributed by atoms with E-state index in [2.05, 4.69) is 125 Å². The van der Waals surface area contributed by atoms with E-state index >= 15 is 0 Å². The fourth-order valence-corrected chi connectivity index (χ4v) is 12.4. The zero-order chi connectivity index (χ0) is 74.6. The Hall–Kier alpha value is -4.02. The number of aliphatic hydroxyl groups is 1. The van der Waals surface area contributed by atoms with Crippen LogP contribution in [-0.4, -0.2) is 96.7 Å². The molecule has 0 aliphatic rings. The summed E-state index contributed by atoms with van der Waals surface area (Å²) in [5.74, 6) is -2.21. The predicted octanol–water partition coefficient (Wildman–Crippen LogP) is 23.6. The van der Waals surface area contributed by atoms with Gasteiger partial charge in [-0.2, -0.15) is 0 Å². The first-order chi connectivity index (χ1) is 49.7. The number of rotatable bonds is 76. The standard InChI is InChI=1S/C83H146O17P2/c1-5-9-13-17-21-25-29-33-36-37-38-39-42-45-48-52-56-60-64-68-81(86)94-73-78(99-82(87)69-65-61-57-53-49-43-32-28-24-20-16-12-8-4)75-97-101(89,90)95-71-77(84)72-96-102(91,92)98-76-79(100-83(88)70-66-62-58-54-50-46-41-35-31-27-23-19-15-11-7-3)74-93-80(85)67-63-59-55-51-47-44-40-34-30-26-22-18-14-10-6-2/h9,13,21,25-28,30-33,36,38-39,45,48,77-79,84H,5-8,10-12,14-20,22-24,29,34-35,37,40-44,46-47,49-76H2,1-4H3,(H,89,90)(H,91,92)/b13-9-,25-21-,30-26-,31-27-,32-28-,36-33-,39-38-,48-45-/t77-,78-,79-/m1/s1. The summed E-state index contributed by atoms with van der Waals surface area (Å²) in [6, 6.07) is 0. The molecule has 17 nitrogen and oxygen atoms in total. The third-order valence-electron chi connectivity index (χ3n) is 17.0. The smallest absolute Gasteiger partial charge is 0.462 e. The SMILES string of the molecule is CC/C=C\C/C=C\C/C=C\C/C=C\C/C=C\CCCCCC(=O)OC[C@H](COP(=O)(O)OC[C@@H](O)COP(=O)(O)OC[C@@H](COC(=O)CCCCCCCCC/C=C\CCCCCC)OC(=O)CCCCCCCCC/C=C\CCCCCC)OC(=O)CCCCCCC/C=C\CCCCCC. The maximum absolute atomic E-state index is 13.1.